The first-order chi connectivity index (χ1) is 11.3. The highest BCUT2D eigenvalue weighted by atomic mass is 16.5. The summed E-state index contributed by atoms with van der Waals surface area (Å²) in [5.74, 6) is -3.30. The average Bonchev–Trinajstić information content (AvgIpc) is 2.59. The largest absolute Gasteiger partial charge is 0.469 e. The van der Waals surface area contributed by atoms with Crippen molar-refractivity contribution in [3.05, 3.63) is 12.2 Å². The Labute approximate surface area is 141 Å². The summed E-state index contributed by atoms with van der Waals surface area (Å²) in [4.78, 5) is 48.8. The minimum absolute atomic E-state index is 0.00337. The average molecular weight is 340 g/mol. The van der Waals surface area contributed by atoms with Crippen molar-refractivity contribution in [1.29, 1.82) is 0 Å². The van der Waals surface area contributed by atoms with Crippen LogP contribution in [0.1, 0.15) is 32.6 Å². The lowest BCUT2D eigenvalue weighted by Crippen LogP contribution is -2.43. The molecule has 0 fully saturated rings. The first-order valence-corrected chi connectivity index (χ1v) is 7.74. The number of hydrogen-bond donors (Lipinski definition) is 0. The molecule has 1 aliphatic carbocycles. The molecule has 0 radical (unpaired) electrons. The first kappa shape index (κ1) is 19.9. The van der Waals surface area contributed by atoms with Gasteiger partial charge in [0.05, 0.1) is 27.2 Å². The molecule has 0 aromatic heterocycles. The summed E-state index contributed by atoms with van der Waals surface area (Å²) < 4.78 is 14.3. The van der Waals surface area contributed by atoms with Crippen LogP contribution in [0.4, 0.5) is 0 Å². The molecule has 7 heteroatoms. The number of carbonyl (C=O) groups excluding carboxylic acids is 4. The van der Waals surface area contributed by atoms with Crippen LogP contribution in [0.5, 0.6) is 0 Å². The molecule has 134 valence electrons. The lowest BCUT2D eigenvalue weighted by Gasteiger charge is -2.30. The normalized spacial score (nSPS) is 25.2. The van der Waals surface area contributed by atoms with Crippen LogP contribution < -0.4 is 0 Å². The van der Waals surface area contributed by atoms with Crippen molar-refractivity contribution in [2.45, 2.75) is 32.6 Å². The second-order valence-electron chi connectivity index (χ2n) is 5.97. The van der Waals surface area contributed by atoms with Gasteiger partial charge in [0.15, 0.2) is 5.41 Å². The van der Waals surface area contributed by atoms with Crippen LogP contribution in [0.2, 0.25) is 0 Å². The van der Waals surface area contributed by atoms with Crippen molar-refractivity contribution in [3.63, 3.8) is 0 Å². The van der Waals surface area contributed by atoms with Gasteiger partial charge in [-0.05, 0) is 19.3 Å². The van der Waals surface area contributed by atoms with Gasteiger partial charge in [0.1, 0.15) is 5.78 Å². The summed E-state index contributed by atoms with van der Waals surface area (Å²) >= 11 is 0. The quantitative estimate of drug-likeness (QED) is 0.332. The van der Waals surface area contributed by atoms with E-state index in [1.54, 1.807) is 19.1 Å². The molecule has 7 nitrogen and oxygen atoms in total. The number of carbonyl (C=O) groups is 4. The fourth-order valence-corrected chi connectivity index (χ4v) is 2.95. The minimum Gasteiger partial charge on any atom is -0.469 e. The lowest BCUT2D eigenvalue weighted by atomic mass is 9.74. The van der Waals surface area contributed by atoms with Gasteiger partial charge in [0.25, 0.3) is 0 Å². The minimum atomic E-state index is -1.56. The summed E-state index contributed by atoms with van der Waals surface area (Å²) in [5, 5.41) is 0. The molecule has 0 unspecified atom stereocenters. The maximum atomic E-state index is 12.4. The Morgan fingerprint density at radius 2 is 1.62 bits per heavy atom. The maximum absolute atomic E-state index is 12.4. The second kappa shape index (κ2) is 8.61. The standard InChI is InChI=1S/C17H24O7/c1-11-10-17(15(20)23-3,16(21)24-4)8-6-5-7-12(9-13(11)18)14(19)22-2/h5-6,11-12H,7-10H2,1-4H3/b6-5+/t11-,12-/m0/s1. The summed E-state index contributed by atoms with van der Waals surface area (Å²) in [6.45, 7) is 1.63. The molecule has 0 amide bonds. The zero-order chi connectivity index (χ0) is 18.3. The fraction of sp³-hybridized carbons (Fsp3) is 0.647. The summed E-state index contributed by atoms with van der Waals surface area (Å²) in [6, 6.07) is 0. The number of ether oxygens (including phenoxy) is 3. The second-order valence-corrected chi connectivity index (χ2v) is 5.97. The predicted molar refractivity (Wildman–Crippen MR) is 83.8 cm³/mol. The highest BCUT2D eigenvalue weighted by Crippen LogP contribution is 2.36. The molecule has 0 aliphatic heterocycles. The van der Waals surface area contributed by atoms with Crippen molar-refractivity contribution < 1.29 is 33.4 Å². The monoisotopic (exact) mass is 340 g/mol. The van der Waals surface area contributed by atoms with Gasteiger partial charge in [0, 0.05) is 12.3 Å². The van der Waals surface area contributed by atoms with Gasteiger partial charge in [0.2, 0.25) is 0 Å². The van der Waals surface area contributed by atoms with E-state index < -0.39 is 35.2 Å². The van der Waals surface area contributed by atoms with Crippen LogP contribution in [0, 0.1) is 17.3 Å². The van der Waals surface area contributed by atoms with E-state index in [1.165, 1.54) is 21.3 Å². The highest BCUT2D eigenvalue weighted by molar-refractivity contribution is 6.01. The molecular weight excluding hydrogens is 316 g/mol. The molecule has 1 aliphatic rings. The van der Waals surface area contributed by atoms with Crippen LogP contribution in [-0.2, 0) is 33.4 Å². The Balaban J connectivity index is 3.22. The summed E-state index contributed by atoms with van der Waals surface area (Å²) in [6.07, 6.45) is 3.61. The summed E-state index contributed by atoms with van der Waals surface area (Å²) in [5.41, 5.74) is -1.56. The smallest absolute Gasteiger partial charge is 0.323 e. The molecular formula is C17H24O7. The number of ketones is 1. The molecule has 24 heavy (non-hydrogen) atoms. The molecule has 0 aromatic carbocycles. The number of hydrogen-bond acceptors (Lipinski definition) is 7. The number of allylic oxidation sites excluding steroid dienone is 2. The van der Waals surface area contributed by atoms with Gasteiger partial charge in [-0.1, -0.05) is 19.1 Å². The van der Waals surface area contributed by atoms with Gasteiger partial charge in [-0.2, -0.15) is 0 Å². The Morgan fingerprint density at radius 3 is 2.12 bits per heavy atom. The van der Waals surface area contributed by atoms with E-state index in [2.05, 4.69) is 0 Å². The Kier molecular flexibility index (Phi) is 7.13. The third kappa shape index (κ3) is 4.21. The zero-order valence-corrected chi connectivity index (χ0v) is 14.5. The van der Waals surface area contributed by atoms with Crippen molar-refractivity contribution in [3.8, 4) is 0 Å². The van der Waals surface area contributed by atoms with Crippen molar-refractivity contribution in [2.24, 2.45) is 17.3 Å². The molecule has 2 atom stereocenters. The molecule has 0 saturated carbocycles. The first-order valence-electron chi connectivity index (χ1n) is 7.74. The SMILES string of the molecule is COC(=O)[C@H]1C/C=C/CC(C(=O)OC)(C(=O)OC)C[C@H](C)C(=O)C1. The molecule has 0 saturated heterocycles. The van der Waals surface area contributed by atoms with E-state index in [0.29, 0.717) is 6.42 Å². The van der Waals surface area contributed by atoms with Gasteiger partial charge in [-0.15, -0.1) is 0 Å². The number of rotatable bonds is 3. The number of Topliss-reactive ketones (excluding diaryl/α,β-unsaturated/α-hetero) is 1. The Hall–Kier alpha value is -2.18. The molecule has 0 aromatic rings. The van der Waals surface area contributed by atoms with E-state index in [4.69, 9.17) is 14.2 Å². The molecule has 0 heterocycles. The van der Waals surface area contributed by atoms with Crippen molar-refractivity contribution in [2.75, 3.05) is 21.3 Å². The third-order valence-corrected chi connectivity index (χ3v) is 4.39. The Bertz CT molecular complexity index is 519. The van der Waals surface area contributed by atoms with E-state index in [-0.39, 0.29) is 25.0 Å². The van der Waals surface area contributed by atoms with Gasteiger partial charge in [-0.25, -0.2) is 0 Å². The molecule has 1 rings (SSSR count). The van der Waals surface area contributed by atoms with Gasteiger partial charge >= 0.3 is 17.9 Å². The lowest BCUT2D eigenvalue weighted by molar-refractivity contribution is -0.170. The predicted octanol–water partition coefficient (Wildman–Crippen LogP) is 1.44. The topological polar surface area (TPSA) is 96.0 Å². The number of esters is 3. The van der Waals surface area contributed by atoms with Crippen LogP contribution in [0.3, 0.4) is 0 Å². The fourth-order valence-electron chi connectivity index (χ4n) is 2.95. The van der Waals surface area contributed by atoms with Crippen LogP contribution >= 0.6 is 0 Å². The number of methoxy groups -OCH3 is 3. The molecule has 0 N–H and O–H groups in total. The van der Waals surface area contributed by atoms with E-state index >= 15 is 0 Å². The van der Waals surface area contributed by atoms with E-state index in [1.807, 2.05) is 0 Å². The van der Waals surface area contributed by atoms with E-state index in [0.717, 1.165) is 0 Å². The zero-order valence-electron chi connectivity index (χ0n) is 14.5. The third-order valence-electron chi connectivity index (χ3n) is 4.39. The maximum Gasteiger partial charge on any atom is 0.323 e. The van der Waals surface area contributed by atoms with Crippen LogP contribution in [-0.4, -0.2) is 45.0 Å². The summed E-state index contributed by atoms with van der Waals surface area (Å²) in [7, 11) is 3.66. The Morgan fingerprint density at radius 1 is 1.04 bits per heavy atom. The molecule has 0 bridgehead atoms. The van der Waals surface area contributed by atoms with Gasteiger partial charge in [-0.3, -0.25) is 19.2 Å². The van der Waals surface area contributed by atoms with Crippen molar-refractivity contribution >= 4 is 23.7 Å². The molecule has 0 spiro atoms. The van der Waals surface area contributed by atoms with Gasteiger partial charge < -0.3 is 14.2 Å². The van der Waals surface area contributed by atoms with E-state index in [9.17, 15) is 19.2 Å². The van der Waals surface area contributed by atoms with Crippen LogP contribution in [0.25, 0.3) is 0 Å². The highest BCUT2D eigenvalue weighted by Gasteiger charge is 2.49. The van der Waals surface area contributed by atoms with Crippen molar-refractivity contribution in [1.82, 2.24) is 0 Å². The van der Waals surface area contributed by atoms with Crippen LogP contribution in [0.15, 0.2) is 12.2 Å².